The smallest absolute Gasteiger partial charge is 0.493 e. The van der Waals surface area contributed by atoms with Crippen molar-refractivity contribution in [3.8, 4) is 11.5 Å². The highest BCUT2D eigenvalue weighted by atomic mass is 16.8. The summed E-state index contributed by atoms with van der Waals surface area (Å²) in [5.74, 6) is -1.26. The van der Waals surface area contributed by atoms with E-state index in [1.807, 2.05) is 0 Å². The van der Waals surface area contributed by atoms with Crippen LogP contribution in [0.5, 0.6) is 11.5 Å². The van der Waals surface area contributed by atoms with Gasteiger partial charge in [0.1, 0.15) is 6.61 Å². The summed E-state index contributed by atoms with van der Waals surface area (Å²) < 4.78 is 15.2. The first-order valence-electron chi connectivity index (χ1n) is 8.06. The Bertz CT molecular complexity index is 865. The number of carbonyl (C=O) groups excluding carboxylic acids is 3. The molecule has 2 amide bonds. The first-order chi connectivity index (χ1) is 13.9. The molecule has 1 aromatic carbocycles. The number of nitrogens with zero attached hydrogens (tertiary/aromatic N) is 5. The van der Waals surface area contributed by atoms with Gasteiger partial charge in [0.25, 0.3) is 17.5 Å². The molecular weight excluding hydrogens is 394 g/mol. The number of ether oxygens (including phenoxy) is 3. The average Bonchev–Trinajstić information content (AvgIpc) is 3.01. The van der Waals surface area contributed by atoms with Gasteiger partial charge in [0.15, 0.2) is 11.5 Å². The maximum absolute atomic E-state index is 11.7. The molecule has 0 aromatic heterocycles. The van der Waals surface area contributed by atoms with Gasteiger partial charge in [-0.15, -0.1) is 0 Å². The van der Waals surface area contributed by atoms with E-state index in [1.54, 1.807) is 0 Å². The molecule has 0 atom stereocenters. The van der Waals surface area contributed by atoms with Crippen LogP contribution in [0.4, 0.5) is 10.5 Å². The van der Waals surface area contributed by atoms with E-state index in [0.717, 1.165) is 6.07 Å². The third-order valence-electron chi connectivity index (χ3n) is 3.59. The lowest BCUT2D eigenvalue weighted by Gasteiger charge is -2.14. The van der Waals surface area contributed by atoms with Crippen molar-refractivity contribution in [2.45, 2.75) is 19.4 Å². The molecule has 0 aliphatic carbocycles. The minimum atomic E-state index is -1.38. The maximum atomic E-state index is 11.7. The third kappa shape index (κ3) is 5.46. The van der Waals surface area contributed by atoms with Crippen LogP contribution in [-0.4, -0.2) is 48.2 Å². The normalized spacial score (nSPS) is 12.9. The number of carbonyl (C=O) groups is 3. The Kier molecular flexibility index (Phi) is 7.14. The molecule has 0 spiro atoms. The number of hydroxylamine groups is 2. The average molecular weight is 409 g/mol. The number of amides is 2. The van der Waals surface area contributed by atoms with Gasteiger partial charge in [-0.1, -0.05) is 10.2 Å². The Morgan fingerprint density at radius 1 is 1.31 bits per heavy atom. The Balaban J connectivity index is 2.11. The van der Waals surface area contributed by atoms with Crippen molar-refractivity contribution >= 4 is 23.7 Å². The van der Waals surface area contributed by atoms with Gasteiger partial charge in [0.05, 0.1) is 36.8 Å². The summed E-state index contributed by atoms with van der Waals surface area (Å²) in [5.41, 5.74) is 7.75. The molecule has 1 fully saturated rings. The quantitative estimate of drug-likeness (QED) is 0.0860. The van der Waals surface area contributed by atoms with E-state index in [0.29, 0.717) is 0 Å². The van der Waals surface area contributed by atoms with Gasteiger partial charge in [-0.05, 0) is 11.6 Å². The summed E-state index contributed by atoms with van der Waals surface area (Å²) in [7, 11) is 1.30. The number of hydrogen-bond donors (Lipinski definition) is 0. The van der Waals surface area contributed by atoms with Crippen molar-refractivity contribution in [3.05, 3.63) is 38.3 Å². The topological polar surface area (TPSA) is 183 Å². The van der Waals surface area contributed by atoms with Crippen molar-refractivity contribution in [2.24, 2.45) is 5.11 Å². The van der Waals surface area contributed by atoms with Crippen LogP contribution in [0.1, 0.15) is 18.4 Å². The van der Waals surface area contributed by atoms with Crippen LogP contribution in [0.2, 0.25) is 0 Å². The zero-order valence-electron chi connectivity index (χ0n) is 15.1. The Morgan fingerprint density at radius 3 is 2.59 bits per heavy atom. The second-order valence-corrected chi connectivity index (χ2v) is 5.40. The number of imide groups is 1. The first-order valence-corrected chi connectivity index (χ1v) is 8.06. The molecule has 14 heteroatoms. The zero-order valence-corrected chi connectivity index (χ0v) is 15.1. The van der Waals surface area contributed by atoms with Crippen LogP contribution in [0.3, 0.4) is 0 Å². The summed E-state index contributed by atoms with van der Waals surface area (Å²) in [6, 6.07) is 2.28. The van der Waals surface area contributed by atoms with Gasteiger partial charge in [-0.25, -0.2) is 4.79 Å². The largest absolute Gasteiger partial charge is 0.534 e. The molecule has 1 heterocycles. The van der Waals surface area contributed by atoms with Crippen LogP contribution in [-0.2, 0) is 25.8 Å². The van der Waals surface area contributed by atoms with Gasteiger partial charge in [0.2, 0.25) is 0 Å². The molecule has 0 bridgehead atoms. The molecule has 14 nitrogen and oxygen atoms in total. The number of hydrogen-bond acceptors (Lipinski definition) is 10. The van der Waals surface area contributed by atoms with Crippen molar-refractivity contribution in [2.75, 3.05) is 20.3 Å². The summed E-state index contributed by atoms with van der Waals surface area (Å²) in [6.07, 6.45) is -1.55. The highest BCUT2D eigenvalue weighted by molar-refractivity contribution is 6.01. The van der Waals surface area contributed by atoms with E-state index in [9.17, 15) is 24.5 Å². The summed E-state index contributed by atoms with van der Waals surface area (Å²) >= 11 is 0. The van der Waals surface area contributed by atoms with E-state index in [4.69, 9.17) is 19.7 Å². The number of nitro benzene ring substituents is 1. The number of rotatable bonds is 9. The van der Waals surface area contributed by atoms with Crippen molar-refractivity contribution in [3.63, 3.8) is 0 Å². The monoisotopic (exact) mass is 409 g/mol. The van der Waals surface area contributed by atoms with Crippen LogP contribution < -0.4 is 9.47 Å². The first kappa shape index (κ1) is 21.2. The second kappa shape index (κ2) is 9.75. The second-order valence-electron chi connectivity index (χ2n) is 5.40. The highest BCUT2D eigenvalue weighted by Crippen LogP contribution is 2.35. The zero-order chi connectivity index (χ0) is 21.4. The van der Waals surface area contributed by atoms with E-state index in [1.165, 1.54) is 13.2 Å². The number of azide groups is 1. The molecule has 29 heavy (non-hydrogen) atoms. The predicted octanol–water partition coefficient (Wildman–Crippen LogP) is 2.01. The lowest BCUT2D eigenvalue weighted by atomic mass is 10.1. The van der Waals surface area contributed by atoms with Gasteiger partial charge >= 0.3 is 6.16 Å². The highest BCUT2D eigenvalue weighted by Gasteiger charge is 2.33. The fourth-order valence-corrected chi connectivity index (χ4v) is 2.29. The van der Waals surface area contributed by atoms with E-state index in [-0.39, 0.29) is 48.1 Å². The molecule has 1 aromatic rings. The molecular formula is C15H15N5O9. The van der Waals surface area contributed by atoms with E-state index in [2.05, 4.69) is 14.9 Å². The van der Waals surface area contributed by atoms with Crippen molar-refractivity contribution in [1.29, 1.82) is 0 Å². The number of benzene rings is 1. The summed E-state index contributed by atoms with van der Waals surface area (Å²) in [4.78, 5) is 52.2. The fraction of sp³-hybridized carbons (Fsp3) is 0.400. The van der Waals surface area contributed by atoms with Crippen LogP contribution in [0, 0.1) is 10.1 Å². The molecule has 154 valence electrons. The Labute approximate surface area is 162 Å². The van der Waals surface area contributed by atoms with Crippen molar-refractivity contribution in [1.82, 2.24) is 5.06 Å². The van der Waals surface area contributed by atoms with Gasteiger partial charge in [-0.3, -0.25) is 24.5 Å². The lowest BCUT2D eigenvalue weighted by molar-refractivity contribution is -0.386. The molecule has 0 saturated carbocycles. The molecule has 2 rings (SSSR count). The van der Waals surface area contributed by atoms with Gasteiger partial charge in [-0.2, -0.15) is 0 Å². The van der Waals surface area contributed by atoms with Crippen LogP contribution in [0.25, 0.3) is 10.4 Å². The fourth-order valence-electron chi connectivity index (χ4n) is 2.29. The SMILES string of the molecule is COc1cc(COC(=O)ON2C(=O)CCC2=O)c([N+](=O)[O-])cc1OCCN=[N+]=[N-]. The predicted molar refractivity (Wildman–Crippen MR) is 91.5 cm³/mol. The van der Waals surface area contributed by atoms with Crippen molar-refractivity contribution < 1.29 is 38.4 Å². The standard InChI is InChI=1S/C15H15N5O9/c1-26-11-6-9(8-28-15(23)29-19-13(21)2-3-14(19)22)10(20(24)25)7-12(11)27-5-4-17-18-16/h6-7H,2-5,8H2,1H3. The molecule has 1 saturated heterocycles. The summed E-state index contributed by atoms with van der Waals surface area (Å²) in [6.45, 7) is -0.642. The van der Waals surface area contributed by atoms with Gasteiger partial charge in [0, 0.05) is 17.8 Å². The Morgan fingerprint density at radius 2 is 2.00 bits per heavy atom. The Hall–Kier alpha value is -4.06. The minimum absolute atomic E-state index is 0.00189. The van der Waals surface area contributed by atoms with Crippen LogP contribution in [0.15, 0.2) is 17.2 Å². The molecule has 0 radical (unpaired) electrons. The molecule has 0 unspecified atom stereocenters. The lowest BCUT2D eigenvalue weighted by Crippen LogP contribution is -2.32. The molecule has 1 aliphatic heterocycles. The molecule has 0 N–H and O–H groups in total. The minimum Gasteiger partial charge on any atom is -0.493 e. The third-order valence-corrected chi connectivity index (χ3v) is 3.59. The van der Waals surface area contributed by atoms with E-state index >= 15 is 0 Å². The number of nitro groups is 1. The maximum Gasteiger partial charge on any atom is 0.534 e. The van der Waals surface area contributed by atoms with Crippen LogP contribution >= 0.6 is 0 Å². The van der Waals surface area contributed by atoms with E-state index < -0.39 is 35.2 Å². The molecule has 1 aliphatic rings. The summed E-state index contributed by atoms with van der Waals surface area (Å²) in [5, 5.41) is 14.9. The van der Waals surface area contributed by atoms with Gasteiger partial charge < -0.3 is 14.2 Å². The number of methoxy groups -OCH3 is 1.